The quantitative estimate of drug-likeness (QED) is 0.0135. The Morgan fingerprint density at radius 3 is 1.04 bits per heavy atom. The molecule has 21 nitrogen and oxygen atoms in total. The van der Waals surface area contributed by atoms with Crippen molar-refractivity contribution in [3.05, 3.63) is 91.8 Å². The molecule has 0 amide bonds. The number of carbonyl (C=O) groups excluding carboxylic acids is 7. The zero-order valence-electron chi connectivity index (χ0n) is 58.2. The maximum absolute atomic E-state index is 15.6. The van der Waals surface area contributed by atoms with Gasteiger partial charge in [0.15, 0.2) is 80.8 Å². The number of Topliss-reactive ketones (excluding diaryl/α,β-unsaturated/α-hetero) is 4. The largest absolute Gasteiger partial charge is 1.00 e. The van der Waals surface area contributed by atoms with E-state index >= 15 is 8.78 Å². The van der Waals surface area contributed by atoms with E-state index in [4.69, 9.17) is 57.2 Å². The number of hydrogen-bond acceptors (Lipinski definition) is 24. The van der Waals surface area contributed by atoms with Crippen LogP contribution in [0.4, 0.5) is 8.78 Å². The number of benzene rings is 4. The van der Waals surface area contributed by atoms with Gasteiger partial charge in [-0.2, -0.15) is 0 Å². The monoisotopic (exact) mass is 1460 g/mol. The summed E-state index contributed by atoms with van der Waals surface area (Å²) in [5, 5.41) is 11.1. The molecule has 8 aromatic rings. The van der Waals surface area contributed by atoms with Gasteiger partial charge in [-0.05, 0) is 88.7 Å². The molecule has 530 valence electrons. The summed E-state index contributed by atoms with van der Waals surface area (Å²) in [6.45, 7) is 17.7. The zero-order chi connectivity index (χ0) is 71.4. The van der Waals surface area contributed by atoms with E-state index in [1.165, 1.54) is 77.3 Å². The maximum Gasteiger partial charge on any atom is 1.00 e. The third-order valence-corrected chi connectivity index (χ3v) is 19.2. The number of carboxylic acids is 1. The van der Waals surface area contributed by atoms with Crippen LogP contribution in [0.1, 0.15) is 146 Å². The molecule has 99 heavy (non-hydrogen) atoms. The van der Waals surface area contributed by atoms with Crippen LogP contribution in [0, 0.1) is 35.3 Å². The Bertz CT molecular complexity index is 4230. The van der Waals surface area contributed by atoms with E-state index in [0.717, 1.165) is 42.8 Å². The molecule has 0 aliphatic rings. The van der Waals surface area contributed by atoms with Crippen LogP contribution < -0.4 is 67.5 Å². The number of fused-ring (bicyclic) bond motifs is 4. The fourth-order valence-electron chi connectivity index (χ4n) is 9.65. The van der Waals surface area contributed by atoms with Gasteiger partial charge in [-0.3, -0.25) is 38.4 Å². The van der Waals surface area contributed by atoms with Gasteiger partial charge in [0, 0.05) is 92.4 Å². The Morgan fingerprint density at radius 2 is 0.717 bits per heavy atom. The first-order chi connectivity index (χ1) is 45.8. The summed E-state index contributed by atoms with van der Waals surface area (Å²) in [5.74, 6) is -5.30. The first-order valence-electron chi connectivity index (χ1n) is 31.0. The molecule has 2 N–H and O–H groups in total. The van der Waals surface area contributed by atoms with E-state index < -0.39 is 70.4 Å². The minimum atomic E-state index is -1.08. The standard InChI is InChI=1S/C36H41FO10S2.C35H39FO10S2.Na.H2O/c1-19(34(40)44-8)12-24(39)31-16-22-29(49-31)18-27(43-7)33(32(22)37)46-11-9-10-45-26-14-21-15-30(48-28(21)17-25(26)42-6)23(38)13-20(2)35(41)47-36(3,4)5;1-18(33(39)40)11-22(37)30-15-21-28(48-30)17-26(43-7)32(31(21)36)45-10-8-9-44-25-13-20-14-29(47-27(20)16-24(25)42-6)23(38)12-19(2)34(41)46-35(3,4)5;;/h14-20H,9-13H2,1-8H3;13-19H,8-12H2,1-7H3,(H,39,40);;1H2/q;;+1;/p-1/t19-,20-;18-,19-;;/m00../s1. The van der Waals surface area contributed by atoms with E-state index in [9.17, 15) is 38.4 Å². The number of aliphatic carboxylic acids is 1. The van der Waals surface area contributed by atoms with Crippen LogP contribution in [0.5, 0.6) is 46.0 Å². The SMILES string of the molecule is COC(=O)[C@@H](C)CC(=O)c1cc2c(F)c(OCCCOc3cc4cc(C(=O)C[C@H](C)C(=O)OC(C)(C)C)sc4cc3OC)c(OC)cc2s1.COc1cc2sc(C(=O)C[C@H](C)C(=O)OC(C)(C)C)cc2cc1OCCCOc1c(OC)cc2sc(C(=O)C[C@H](C)C(=O)O)cc2c1F.[Na+].[OH-]. The van der Waals surface area contributed by atoms with Crippen molar-refractivity contribution >= 4 is 133 Å². The molecule has 4 aromatic heterocycles. The van der Waals surface area contributed by atoms with Gasteiger partial charge < -0.3 is 62.7 Å². The second kappa shape index (κ2) is 36.2. The number of hydrogen-bond donors (Lipinski definition) is 1. The topological polar surface area (TPSA) is 288 Å². The van der Waals surface area contributed by atoms with Crippen molar-refractivity contribution in [2.24, 2.45) is 23.7 Å². The fraction of sp³-hybridized carbons (Fsp3) is 0.437. The van der Waals surface area contributed by atoms with Crippen LogP contribution in [0.25, 0.3) is 40.3 Å². The van der Waals surface area contributed by atoms with Gasteiger partial charge in [-0.25, -0.2) is 8.78 Å². The third-order valence-electron chi connectivity index (χ3n) is 14.7. The Labute approximate surface area is 610 Å². The summed E-state index contributed by atoms with van der Waals surface area (Å²) in [7, 11) is 7.09. The van der Waals surface area contributed by atoms with Gasteiger partial charge in [0.05, 0.1) is 105 Å². The van der Waals surface area contributed by atoms with Crippen molar-refractivity contribution in [1.82, 2.24) is 0 Å². The molecule has 4 heterocycles. The molecule has 0 aliphatic carbocycles. The van der Waals surface area contributed by atoms with E-state index in [2.05, 4.69) is 0 Å². The van der Waals surface area contributed by atoms with Crippen molar-refractivity contribution in [2.45, 2.75) is 119 Å². The number of methoxy groups -OCH3 is 5. The summed E-state index contributed by atoms with van der Waals surface area (Å²) >= 11 is 4.80. The predicted octanol–water partition coefficient (Wildman–Crippen LogP) is 12.8. The van der Waals surface area contributed by atoms with Gasteiger partial charge in [0.25, 0.3) is 0 Å². The molecular formula is C71H81F2NaO21S4. The molecule has 0 radical (unpaired) electrons. The van der Waals surface area contributed by atoms with E-state index in [-0.39, 0.29) is 149 Å². The van der Waals surface area contributed by atoms with Crippen LogP contribution in [0.2, 0.25) is 0 Å². The third kappa shape index (κ3) is 21.8. The summed E-state index contributed by atoms with van der Waals surface area (Å²) in [5.41, 5.74) is -1.26. The van der Waals surface area contributed by atoms with Gasteiger partial charge in [-0.15, -0.1) is 45.3 Å². The van der Waals surface area contributed by atoms with E-state index in [0.29, 0.717) is 59.9 Å². The smallest absolute Gasteiger partial charge is 0.870 e. The van der Waals surface area contributed by atoms with Gasteiger partial charge in [0.1, 0.15) is 11.2 Å². The molecule has 0 aliphatic heterocycles. The number of carbonyl (C=O) groups is 8. The number of rotatable bonds is 32. The average Bonchev–Trinajstić information content (AvgIpc) is 1.68. The van der Waals surface area contributed by atoms with Crippen LogP contribution in [-0.4, -0.2) is 131 Å². The fourth-order valence-corrected chi connectivity index (χ4v) is 13.8. The predicted molar refractivity (Wildman–Crippen MR) is 370 cm³/mol. The number of carboxylic acid groups (broad SMARTS) is 1. The molecule has 4 atom stereocenters. The number of thiophene rings is 4. The molecule has 0 saturated heterocycles. The van der Waals surface area contributed by atoms with Crippen molar-refractivity contribution in [3.63, 3.8) is 0 Å². The average molecular weight is 1460 g/mol. The van der Waals surface area contributed by atoms with Gasteiger partial charge in [-0.1, -0.05) is 27.7 Å². The first kappa shape index (κ1) is 82.2. The minimum Gasteiger partial charge on any atom is -0.870 e. The Kier molecular flexibility index (Phi) is 30.1. The van der Waals surface area contributed by atoms with Gasteiger partial charge in [0.2, 0.25) is 0 Å². The second-order valence-corrected chi connectivity index (χ2v) is 29.3. The van der Waals surface area contributed by atoms with E-state index in [1.54, 1.807) is 111 Å². The van der Waals surface area contributed by atoms with Crippen molar-refractivity contribution < 1.29 is 139 Å². The second-order valence-electron chi connectivity index (χ2n) is 24.9. The summed E-state index contributed by atoms with van der Waals surface area (Å²) in [6, 6.07) is 16.8. The molecule has 8 rings (SSSR count). The van der Waals surface area contributed by atoms with E-state index in [1.807, 2.05) is 0 Å². The molecule has 0 saturated carbocycles. The van der Waals surface area contributed by atoms with Crippen LogP contribution in [0.3, 0.4) is 0 Å². The Balaban J connectivity index is 0.000000350. The normalized spacial score (nSPS) is 12.5. The minimum absolute atomic E-state index is 0. The summed E-state index contributed by atoms with van der Waals surface area (Å²) in [6.07, 6.45) is 0.568. The Morgan fingerprint density at radius 1 is 0.414 bits per heavy atom. The van der Waals surface area contributed by atoms with Crippen molar-refractivity contribution in [2.75, 3.05) is 62.0 Å². The van der Waals surface area contributed by atoms with Crippen LogP contribution in [0.15, 0.2) is 60.7 Å². The molecule has 4 aromatic carbocycles. The molecule has 0 bridgehead atoms. The maximum atomic E-state index is 15.6. The Hall–Kier alpha value is -7.50. The van der Waals surface area contributed by atoms with Crippen LogP contribution in [-0.2, 0) is 33.4 Å². The summed E-state index contributed by atoms with van der Waals surface area (Å²) < 4.78 is 94.6. The number of esters is 3. The molecule has 0 fully saturated rings. The van der Waals surface area contributed by atoms with Crippen LogP contribution >= 0.6 is 45.3 Å². The molecule has 28 heteroatoms. The first-order valence-corrected chi connectivity index (χ1v) is 34.3. The van der Waals surface area contributed by atoms with Gasteiger partial charge >= 0.3 is 53.4 Å². The molecule has 0 unspecified atom stereocenters. The molecular weight excluding hydrogens is 1380 g/mol. The zero-order valence-corrected chi connectivity index (χ0v) is 63.5. The summed E-state index contributed by atoms with van der Waals surface area (Å²) in [4.78, 5) is 101. The number of ketones is 4. The number of halogens is 2. The van der Waals surface area contributed by atoms with Crippen molar-refractivity contribution in [1.29, 1.82) is 0 Å². The van der Waals surface area contributed by atoms with Crippen molar-refractivity contribution in [3.8, 4) is 46.0 Å². The molecule has 0 spiro atoms. The number of ether oxygens (including phenoxy) is 11.